The van der Waals surface area contributed by atoms with E-state index in [2.05, 4.69) is 188 Å². The lowest BCUT2D eigenvalue weighted by molar-refractivity contribution is 0.538. The van der Waals surface area contributed by atoms with Gasteiger partial charge in [0.2, 0.25) is 0 Å². The molecule has 2 nitrogen and oxygen atoms in total. The van der Waals surface area contributed by atoms with Crippen LogP contribution in [0.5, 0.6) is 0 Å². The molecule has 0 N–H and O–H groups in total. The zero-order valence-electron chi connectivity index (χ0n) is 28.4. The molecule has 1 aliphatic heterocycles. The third kappa shape index (κ3) is 4.94. The van der Waals surface area contributed by atoms with Crippen LogP contribution < -0.4 is 4.90 Å². The summed E-state index contributed by atoms with van der Waals surface area (Å²) in [5.41, 5.74) is 13.0. The third-order valence-corrected chi connectivity index (χ3v) is 10.6. The minimum atomic E-state index is 0.0143. The van der Waals surface area contributed by atoms with Gasteiger partial charge in [-0.1, -0.05) is 146 Å². The average molecular weight is 654 g/mol. The van der Waals surface area contributed by atoms with E-state index >= 15 is 0 Å². The summed E-state index contributed by atoms with van der Waals surface area (Å²) in [4.78, 5) is 2.50. The summed E-state index contributed by atoms with van der Waals surface area (Å²) < 4.78 is 6.96. The molecule has 7 aromatic carbocycles. The molecule has 51 heavy (non-hydrogen) atoms. The minimum absolute atomic E-state index is 0.0143. The van der Waals surface area contributed by atoms with E-state index in [1.54, 1.807) is 0 Å². The third-order valence-electron chi connectivity index (χ3n) is 10.6. The van der Waals surface area contributed by atoms with E-state index in [0.717, 1.165) is 28.5 Å². The van der Waals surface area contributed by atoms with Crippen molar-refractivity contribution in [3.63, 3.8) is 0 Å². The molecule has 1 atom stereocenters. The van der Waals surface area contributed by atoms with E-state index in [1.807, 2.05) is 0 Å². The monoisotopic (exact) mass is 653 g/mol. The molecule has 0 radical (unpaired) electrons. The molecule has 1 aromatic heterocycles. The van der Waals surface area contributed by atoms with Crippen molar-refractivity contribution in [1.29, 1.82) is 0 Å². The second-order valence-corrected chi connectivity index (χ2v) is 13.7. The highest BCUT2D eigenvalue weighted by Gasteiger charge is 2.30. The van der Waals surface area contributed by atoms with Crippen molar-refractivity contribution in [2.24, 2.45) is 0 Å². The van der Waals surface area contributed by atoms with E-state index < -0.39 is 0 Å². The van der Waals surface area contributed by atoms with Gasteiger partial charge in [-0.2, -0.15) is 0 Å². The van der Waals surface area contributed by atoms with Crippen LogP contribution in [0.25, 0.3) is 60.9 Å². The molecular weight excluding hydrogens is 619 g/mol. The lowest BCUT2D eigenvalue weighted by Crippen LogP contribution is -2.23. The Bertz CT molecular complexity index is 2740. The Hall–Kier alpha value is -6.38. The van der Waals surface area contributed by atoms with Crippen molar-refractivity contribution in [3.8, 4) is 11.1 Å². The van der Waals surface area contributed by atoms with Gasteiger partial charge in [-0.3, -0.25) is 0 Å². The number of para-hydroxylation sites is 2. The van der Waals surface area contributed by atoms with Crippen molar-refractivity contribution in [2.45, 2.75) is 19.3 Å². The smallest absolute Gasteiger partial charge is 0.142 e. The van der Waals surface area contributed by atoms with Crippen LogP contribution in [0, 0.1) is 0 Å². The van der Waals surface area contributed by atoms with Gasteiger partial charge in [-0.05, 0) is 74.8 Å². The topological polar surface area (TPSA) is 16.4 Å². The molecule has 2 bridgehead atoms. The Morgan fingerprint density at radius 2 is 1.22 bits per heavy atom. The lowest BCUT2D eigenvalue weighted by atomic mass is 9.86. The van der Waals surface area contributed by atoms with Gasteiger partial charge in [-0.15, -0.1) is 0 Å². The maximum Gasteiger partial charge on any atom is 0.142 e. The standard InChI is InChI=1S/C49H35NO/c1-32-27-38(37-24-23-33-13-5-6-17-36(33)28-37)29-40-30-39(31-45-44-26-25-35-16-7-8-20-43(35)49(44)51-48(32)45)42-19-10-12-22-47(42)50(40)46-21-11-9-18-41(46)34-14-3-2-4-15-34/h2-29,31-32H,30H2,1H3/b38-27+,39-31+,40-29+. The number of hydrogen-bond donors (Lipinski definition) is 0. The van der Waals surface area contributed by atoms with Crippen molar-refractivity contribution in [2.75, 3.05) is 4.90 Å². The average Bonchev–Trinajstić information content (AvgIpc) is 3.56. The number of benzene rings is 7. The number of allylic oxidation sites excluding steroid dienone is 4. The van der Waals surface area contributed by atoms with Crippen molar-refractivity contribution in [3.05, 3.63) is 198 Å². The first-order valence-corrected chi connectivity index (χ1v) is 17.8. The van der Waals surface area contributed by atoms with Gasteiger partial charge in [0.25, 0.3) is 0 Å². The Morgan fingerprint density at radius 1 is 0.549 bits per heavy atom. The fourth-order valence-corrected chi connectivity index (χ4v) is 8.17. The fourth-order valence-electron chi connectivity index (χ4n) is 8.17. The molecule has 2 heteroatoms. The molecule has 10 rings (SSSR count). The van der Waals surface area contributed by atoms with Crippen molar-refractivity contribution < 1.29 is 4.42 Å². The molecule has 0 saturated heterocycles. The Balaban J connectivity index is 1.28. The van der Waals surface area contributed by atoms with Gasteiger partial charge in [-0.25, -0.2) is 0 Å². The summed E-state index contributed by atoms with van der Waals surface area (Å²) in [6.45, 7) is 2.27. The van der Waals surface area contributed by atoms with Gasteiger partial charge < -0.3 is 9.32 Å². The molecule has 0 amide bonds. The number of furan rings is 1. The molecule has 2 heterocycles. The van der Waals surface area contributed by atoms with Gasteiger partial charge in [0, 0.05) is 45.5 Å². The molecule has 0 fully saturated rings. The van der Waals surface area contributed by atoms with Crippen LogP contribution in [0.1, 0.15) is 41.7 Å². The fraction of sp³-hybridized carbons (Fsp3) is 0.0612. The quantitative estimate of drug-likeness (QED) is 0.189. The van der Waals surface area contributed by atoms with Crippen molar-refractivity contribution in [1.82, 2.24) is 0 Å². The van der Waals surface area contributed by atoms with Gasteiger partial charge >= 0.3 is 0 Å². The van der Waals surface area contributed by atoms with Crippen LogP contribution in [-0.4, -0.2) is 0 Å². The second-order valence-electron chi connectivity index (χ2n) is 13.7. The number of fused-ring (bicyclic) bond motifs is 10. The first kappa shape index (κ1) is 29.5. The number of nitrogens with zero attached hydrogens (tertiary/aromatic N) is 1. The van der Waals surface area contributed by atoms with Gasteiger partial charge in [0.1, 0.15) is 11.3 Å². The lowest BCUT2D eigenvalue weighted by Gasteiger charge is -2.37. The van der Waals surface area contributed by atoms with Gasteiger partial charge in [0.05, 0.1) is 11.4 Å². The Labute approximate surface area is 297 Å². The number of rotatable bonds is 3. The van der Waals surface area contributed by atoms with E-state index in [9.17, 15) is 0 Å². The van der Waals surface area contributed by atoms with Crippen LogP contribution in [-0.2, 0) is 0 Å². The highest BCUT2D eigenvalue weighted by atomic mass is 16.3. The summed E-state index contributed by atoms with van der Waals surface area (Å²) in [7, 11) is 0. The minimum Gasteiger partial charge on any atom is -0.459 e. The maximum absolute atomic E-state index is 6.96. The van der Waals surface area contributed by atoms with E-state index in [-0.39, 0.29) is 5.92 Å². The molecule has 0 saturated carbocycles. The Kier molecular flexibility index (Phi) is 6.89. The van der Waals surface area contributed by atoms with Crippen LogP contribution in [0.3, 0.4) is 0 Å². The maximum atomic E-state index is 6.96. The molecule has 0 spiro atoms. The highest BCUT2D eigenvalue weighted by molar-refractivity contribution is 6.09. The zero-order chi connectivity index (χ0) is 33.9. The molecule has 1 unspecified atom stereocenters. The normalized spacial score (nSPS) is 18.6. The summed E-state index contributed by atoms with van der Waals surface area (Å²) in [6, 6.07) is 56.9. The van der Waals surface area contributed by atoms with Crippen LogP contribution in [0.15, 0.2) is 180 Å². The predicted molar refractivity (Wildman–Crippen MR) is 215 cm³/mol. The summed E-state index contributed by atoms with van der Waals surface area (Å²) in [5, 5.41) is 5.96. The zero-order valence-corrected chi connectivity index (χ0v) is 28.4. The molecule has 2 aliphatic rings. The number of hydrogen-bond acceptors (Lipinski definition) is 2. The molecule has 242 valence electrons. The molecule has 1 aliphatic carbocycles. The van der Waals surface area contributed by atoms with Crippen LogP contribution in [0.4, 0.5) is 11.4 Å². The van der Waals surface area contributed by atoms with E-state index in [0.29, 0.717) is 0 Å². The van der Waals surface area contributed by atoms with Crippen LogP contribution in [0.2, 0.25) is 0 Å². The SMILES string of the molecule is CC1/C=C(c2ccc3ccccc3c2)\C=C2/C/C(=C\c3c1oc1c3ccc3ccccc31)c1ccccc1N2c1ccccc1-c1ccccc1. The van der Waals surface area contributed by atoms with Crippen LogP contribution >= 0.6 is 0 Å². The summed E-state index contributed by atoms with van der Waals surface area (Å²) in [6.07, 6.45) is 8.00. The first-order chi connectivity index (χ1) is 25.2. The highest BCUT2D eigenvalue weighted by Crippen LogP contribution is 2.50. The molecular formula is C49H35NO. The molecule has 8 aromatic rings. The van der Waals surface area contributed by atoms with E-state index in [1.165, 1.54) is 72.2 Å². The predicted octanol–water partition coefficient (Wildman–Crippen LogP) is 13.6. The summed E-state index contributed by atoms with van der Waals surface area (Å²) >= 11 is 0. The van der Waals surface area contributed by atoms with E-state index in [4.69, 9.17) is 4.42 Å². The Morgan fingerprint density at radius 3 is 2.06 bits per heavy atom. The number of anilines is 2. The summed E-state index contributed by atoms with van der Waals surface area (Å²) in [5.74, 6) is 1.01. The largest absolute Gasteiger partial charge is 0.459 e. The van der Waals surface area contributed by atoms with Gasteiger partial charge in [0.15, 0.2) is 0 Å². The second kappa shape index (κ2) is 11.9. The van der Waals surface area contributed by atoms with Crippen molar-refractivity contribution >= 4 is 61.1 Å². The first-order valence-electron chi connectivity index (χ1n) is 17.8.